The van der Waals surface area contributed by atoms with Gasteiger partial charge in [-0.05, 0) is 105 Å². The smallest absolute Gasteiger partial charge is 0.371 e. The summed E-state index contributed by atoms with van der Waals surface area (Å²) < 4.78 is 40.8. The predicted molar refractivity (Wildman–Crippen MR) is 229 cm³/mol. The maximum atomic E-state index is 13.6. The number of anilines is 3. The number of hydrogen-bond donors (Lipinski definition) is 0. The molecule has 63 heavy (non-hydrogen) atoms. The van der Waals surface area contributed by atoms with Crippen LogP contribution in [0.15, 0.2) is 54.7 Å². The summed E-state index contributed by atoms with van der Waals surface area (Å²) in [4.78, 5) is 79.9. The van der Waals surface area contributed by atoms with E-state index in [2.05, 4.69) is 14.7 Å². The molecule has 1 saturated carbocycles. The molecule has 0 N–H and O–H groups in total. The average molecular weight is 867 g/mol. The molecule has 13 nitrogen and oxygen atoms in total. The van der Waals surface area contributed by atoms with E-state index in [1.165, 1.54) is 6.07 Å². The Balaban J connectivity index is 0.775. The number of nitrogens with zero attached hydrogens (tertiary/aromatic N) is 8. The van der Waals surface area contributed by atoms with Gasteiger partial charge in [0.25, 0.3) is 11.8 Å². The normalized spacial score (nSPS) is 21.2. The van der Waals surface area contributed by atoms with Crippen LogP contribution in [0.5, 0.6) is 0 Å². The molecule has 5 heterocycles. The van der Waals surface area contributed by atoms with Crippen molar-refractivity contribution in [3.63, 3.8) is 0 Å². The van der Waals surface area contributed by atoms with E-state index in [9.17, 15) is 42.4 Å². The number of amides is 3. The number of hydrogen-bond acceptors (Lipinski definition) is 11. The van der Waals surface area contributed by atoms with Gasteiger partial charge in [-0.2, -0.15) is 18.4 Å². The van der Waals surface area contributed by atoms with Crippen LogP contribution in [0.2, 0.25) is 0 Å². The average Bonchev–Trinajstić information content (AvgIpc) is 3.70. The van der Waals surface area contributed by atoms with Gasteiger partial charge in [0.1, 0.15) is 11.6 Å². The van der Waals surface area contributed by atoms with E-state index in [1.807, 2.05) is 47.1 Å². The number of alkyl halides is 3. The van der Waals surface area contributed by atoms with Crippen molar-refractivity contribution in [2.75, 3.05) is 86.7 Å². The molecule has 2 aromatic carbocycles. The highest BCUT2D eigenvalue weighted by molar-refractivity contribution is 6.09. The number of imide groups is 1. The number of aromatic nitrogens is 1. The van der Waals surface area contributed by atoms with Crippen molar-refractivity contribution in [3.8, 4) is 6.07 Å². The monoisotopic (exact) mass is 866 g/mol. The summed E-state index contributed by atoms with van der Waals surface area (Å²) in [6.07, 6.45) is 1.93. The Labute approximate surface area is 365 Å². The largest absolute Gasteiger partial charge is 0.417 e. The van der Waals surface area contributed by atoms with Crippen LogP contribution >= 0.6 is 0 Å². The molecule has 1 atom stereocenters. The first-order chi connectivity index (χ1) is 30.2. The Morgan fingerprint density at radius 3 is 2.22 bits per heavy atom. The second-order valence-corrected chi connectivity index (χ2v) is 18.0. The zero-order valence-electron chi connectivity index (χ0n) is 35.6. The fourth-order valence-corrected chi connectivity index (χ4v) is 10.2. The van der Waals surface area contributed by atoms with E-state index in [0.717, 1.165) is 106 Å². The predicted octanol–water partition coefficient (Wildman–Crippen LogP) is 5.74. The molecule has 5 aliphatic rings. The van der Waals surface area contributed by atoms with Crippen LogP contribution in [0.4, 0.5) is 30.4 Å². The molecule has 3 amide bonds. The number of ketones is 2. The van der Waals surface area contributed by atoms with Crippen LogP contribution in [-0.2, 0) is 20.6 Å². The number of likely N-dealkylation sites (tertiary alicyclic amines) is 1. The second-order valence-electron chi connectivity index (χ2n) is 18.0. The Morgan fingerprint density at radius 1 is 0.873 bits per heavy atom. The number of carbonyl (C=O) groups excluding carboxylic acids is 5. The summed E-state index contributed by atoms with van der Waals surface area (Å²) in [5.41, 5.74) is 1.65. The molecule has 16 heteroatoms. The molecular formula is C47H53F3N8O5. The minimum absolute atomic E-state index is 0.0654. The third-order valence-corrected chi connectivity index (χ3v) is 14.1. The maximum Gasteiger partial charge on any atom is 0.417 e. The molecule has 1 aliphatic carbocycles. The van der Waals surface area contributed by atoms with Gasteiger partial charge in [0.15, 0.2) is 5.78 Å². The Kier molecular flexibility index (Phi) is 12.6. The van der Waals surface area contributed by atoms with Crippen LogP contribution in [0, 0.1) is 29.6 Å². The second kappa shape index (κ2) is 18.1. The number of pyridine rings is 1. The fraction of sp³-hybridized carbons (Fsp3) is 0.511. The number of piperidine rings is 2. The van der Waals surface area contributed by atoms with E-state index >= 15 is 0 Å². The van der Waals surface area contributed by atoms with Gasteiger partial charge in [-0.15, -0.1) is 0 Å². The molecule has 1 unspecified atom stereocenters. The van der Waals surface area contributed by atoms with Crippen LogP contribution < -0.4 is 14.7 Å². The first-order valence-corrected chi connectivity index (χ1v) is 22.0. The number of piperazine rings is 1. The highest BCUT2D eigenvalue weighted by Crippen LogP contribution is 2.43. The van der Waals surface area contributed by atoms with Gasteiger partial charge in [-0.1, -0.05) is 6.07 Å². The van der Waals surface area contributed by atoms with Gasteiger partial charge in [0, 0.05) is 102 Å². The van der Waals surface area contributed by atoms with Gasteiger partial charge < -0.3 is 19.6 Å². The molecule has 1 aromatic heterocycles. The van der Waals surface area contributed by atoms with Gasteiger partial charge >= 0.3 is 6.18 Å². The molecule has 1 spiro atoms. The molecule has 332 valence electrons. The lowest BCUT2D eigenvalue weighted by Gasteiger charge is -2.40. The molecule has 4 aliphatic heterocycles. The van der Waals surface area contributed by atoms with Crippen LogP contribution in [-0.4, -0.2) is 128 Å². The first kappa shape index (κ1) is 43.8. The minimum Gasteiger partial charge on any atom is -0.371 e. The molecule has 8 rings (SSSR count). The van der Waals surface area contributed by atoms with Crippen molar-refractivity contribution in [2.45, 2.75) is 70.5 Å². The number of halogens is 3. The standard InChI is InChI=1S/C47H53F3N8O5/c1-32-2-5-36(24-39(32)45(63)58(31-59)41-8-7-38(60)26-42(41)61)54-15-10-33(11-16-54)29-53-20-22-55(23-21-53)43-9-4-35(28-52-43)44(62)56-17-12-46(13-18-56)14-19-57(30-46)37-6-3-34(27-51)40(25-37)47(48,49)50/h2-6,9,24-25,28,31,33,41H,7-8,10-23,26,29-30H2,1H3. The Morgan fingerprint density at radius 2 is 1.57 bits per heavy atom. The number of rotatable bonds is 9. The number of Topliss-reactive ketones (excluding diaryl/α,β-unsaturated/α-hetero) is 2. The topological polar surface area (TPSA) is 141 Å². The van der Waals surface area contributed by atoms with Crippen molar-refractivity contribution < 1.29 is 37.1 Å². The van der Waals surface area contributed by atoms with E-state index in [-0.39, 0.29) is 41.9 Å². The first-order valence-electron chi connectivity index (χ1n) is 22.0. The number of aryl methyl sites for hydroxylation is 1. The van der Waals surface area contributed by atoms with Crippen molar-refractivity contribution in [2.24, 2.45) is 11.3 Å². The summed E-state index contributed by atoms with van der Waals surface area (Å²) in [6, 6.07) is 14.1. The fourth-order valence-electron chi connectivity index (χ4n) is 10.2. The molecule has 3 aromatic rings. The van der Waals surface area contributed by atoms with E-state index in [0.29, 0.717) is 55.3 Å². The van der Waals surface area contributed by atoms with Crippen LogP contribution in [0.1, 0.15) is 88.8 Å². The molecular weight excluding hydrogens is 814 g/mol. The molecule has 4 saturated heterocycles. The van der Waals surface area contributed by atoms with Crippen molar-refractivity contribution in [1.29, 1.82) is 5.26 Å². The third-order valence-electron chi connectivity index (χ3n) is 14.1. The summed E-state index contributed by atoms with van der Waals surface area (Å²) in [7, 11) is 0. The van der Waals surface area contributed by atoms with E-state index in [4.69, 9.17) is 4.98 Å². The van der Waals surface area contributed by atoms with Gasteiger partial charge in [0.05, 0.1) is 35.2 Å². The van der Waals surface area contributed by atoms with Crippen LogP contribution in [0.3, 0.4) is 0 Å². The summed E-state index contributed by atoms with van der Waals surface area (Å²) in [6.45, 7) is 10.3. The highest BCUT2D eigenvalue weighted by Gasteiger charge is 2.43. The zero-order valence-corrected chi connectivity index (χ0v) is 35.6. The quantitative estimate of drug-likeness (QED) is 0.192. The number of nitriles is 1. The Bertz CT molecular complexity index is 2270. The summed E-state index contributed by atoms with van der Waals surface area (Å²) in [5.74, 6) is 0.228. The van der Waals surface area contributed by atoms with Gasteiger partial charge in [-0.25, -0.2) is 4.98 Å². The van der Waals surface area contributed by atoms with E-state index < -0.39 is 29.5 Å². The molecule has 5 fully saturated rings. The van der Waals surface area contributed by atoms with E-state index in [1.54, 1.807) is 18.3 Å². The maximum absolute atomic E-state index is 13.6. The van der Waals surface area contributed by atoms with Crippen molar-refractivity contribution in [3.05, 3.63) is 82.5 Å². The summed E-state index contributed by atoms with van der Waals surface area (Å²) >= 11 is 0. The lowest BCUT2D eigenvalue weighted by Crippen LogP contribution is -2.49. The van der Waals surface area contributed by atoms with Crippen molar-refractivity contribution in [1.82, 2.24) is 19.7 Å². The Hall–Kier alpha value is -5.82. The summed E-state index contributed by atoms with van der Waals surface area (Å²) in [5, 5.41) is 9.18. The third kappa shape index (κ3) is 9.44. The SMILES string of the molecule is Cc1ccc(N2CCC(CN3CCN(c4ccc(C(=O)N5CCC6(CC5)CCN(c5ccc(C#N)c(C(F)(F)F)c5)C6)cn4)CC3)CC2)cc1C(=O)N(C=O)C1CCC(=O)CC1=O. The highest BCUT2D eigenvalue weighted by atomic mass is 19.4. The molecule has 0 bridgehead atoms. The van der Waals surface area contributed by atoms with Crippen LogP contribution in [0.25, 0.3) is 0 Å². The minimum atomic E-state index is -4.60. The zero-order chi connectivity index (χ0) is 44.5. The lowest BCUT2D eigenvalue weighted by atomic mass is 9.77. The number of carbonyl (C=O) groups is 5. The molecule has 0 radical (unpaired) electrons. The number of benzene rings is 2. The van der Waals surface area contributed by atoms with Gasteiger partial charge in [-0.3, -0.25) is 33.8 Å². The van der Waals surface area contributed by atoms with Gasteiger partial charge in [0.2, 0.25) is 6.41 Å². The van der Waals surface area contributed by atoms with Crippen molar-refractivity contribution >= 4 is 47.0 Å². The lowest BCUT2D eigenvalue weighted by molar-refractivity contribution is -0.138.